The topological polar surface area (TPSA) is 72.5 Å². The molecule has 1 unspecified atom stereocenters. The van der Waals surface area contributed by atoms with Gasteiger partial charge >= 0.3 is 0 Å². The highest BCUT2D eigenvalue weighted by Crippen LogP contribution is 2.37. The van der Waals surface area contributed by atoms with Gasteiger partial charge in [-0.15, -0.1) is 0 Å². The molecule has 7 nitrogen and oxygen atoms in total. The standard InChI is InChI=1S/C17H23N7/c1-3-12(2)23-7-4-14-16(22-8-5-19-6-9-22)21-15-13(10-18)11-20-24(15)17(14)23/h11-12,19H,3-9H2,1-2H3. The molecular weight excluding hydrogens is 302 g/mol. The summed E-state index contributed by atoms with van der Waals surface area (Å²) in [5.41, 5.74) is 2.50. The average Bonchev–Trinajstić information content (AvgIpc) is 3.24. The molecule has 2 aliphatic rings. The van der Waals surface area contributed by atoms with Crippen molar-refractivity contribution in [2.75, 3.05) is 42.5 Å². The molecule has 4 rings (SSSR count). The van der Waals surface area contributed by atoms with E-state index < -0.39 is 0 Å². The van der Waals surface area contributed by atoms with E-state index in [9.17, 15) is 5.26 Å². The normalized spacial score (nSPS) is 18.7. The van der Waals surface area contributed by atoms with Gasteiger partial charge in [0.2, 0.25) is 0 Å². The second-order valence-electron chi connectivity index (χ2n) is 6.58. The van der Waals surface area contributed by atoms with E-state index in [-0.39, 0.29) is 0 Å². The van der Waals surface area contributed by atoms with Crippen LogP contribution >= 0.6 is 0 Å². The summed E-state index contributed by atoms with van der Waals surface area (Å²) in [6, 6.07) is 2.68. The summed E-state index contributed by atoms with van der Waals surface area (Å²) in [5, 5.41) is 17.3. The molecule has 4 heterocycles. The summed E-state index contributed by atoms with van der Waals surface area (Å²) >= 11 is 0. The maximum Gasteiger partial charge on any atom is 0.177 e. The smallest absolute Gasteiger partial charge is 0.177 e. The van der Waals surface area contributed by atoms with E-state index in [0.29, 0.717) is 17.3 Å². The summed E-state index contributed by atoms with van der Waals surface area (Å²) < 4.78 is 1.87. The molecule has 2 aromatic heterocycles. The third-order valence-corrected chi connectivity index (χ3v) is 5.23. The molecule has 7 heteroatoms. The van der Waals surface area contributed by atoms with Crippen molar-refractivity contribution < 1.29 is 0 Å². The second-order valence-corrected chi connectivity index (χ2v) is 6.58. The zero-order valence-corrected chi connectivity index (χ0v) is 14.3. The summed E-state index contributed by atoms with van der Waals surface area (Å²) in [7, 11) is 0. The Hall–Kier alpha value is -2.33. The molecule has 0 bridgehead atoms. The van der Waals surface area contributed by atoms with Crippen LogP contribution in [0.2, 0.25) is 0 Å². The highest BCUT2D eigenvalue weighted by molar-refractivity contribution is 5.72. The molecule has 0 spiro atoms. The van der Waals surface area contributed by atoms with Crippen molar-refractivity contribution in [3.8, 4) is 6.07 Å². The Labute approximate surface area is 141 Å². The lowest BCUT2D eigenvalue weighted by Gasteiger charge is -2.31. The SMILES string of the molecule is CCC(C)N1CCc2c(N3CCNCC3)nc3c(C#N)cnn3c21. The van der Waals surface area contributed by atoms with Gasteiger partial charge in [0.1, 0.15) is 23.3 Å². The highest BCUT2D eigenvalue weighted by atomic mass is 15.4. The number of nitrogens with one attached hydrogen (secondary N) is 1. The Balaban J connectivity index is 1.92. The minimum atomic E-state index is 0.447. The van der Waals surface area contributed by atoms with Crippen LogP contribution in [0.25, 0.3) is 5.65 Å². The van der Waals surface area contributed by atoms with Crippen molar-refractivity contribution >= 4 is 17.3 Å². The molecular formula is C17H23N7. The fraction of sp³-hybridized carbons (Fsp3) is 0.588. The molecule has 0 amide bonds. The van der Waals surface area contributed by atoms with Crippen molar-refractivity contribution in [2.24, 2.45) is 0 Å². The zero-order valence-electron chi connectivity index (χ0n) is 14.3. The molecule has 126 valence electrons. The molecule has 1 fully saturated rings. The lowest BCUT2D eigenvalue weighted by atomic mass is 10.2. The van der Waals surface area contributed by atoms with Gasteiger partial charge in [-0.1, -0.05) is 6.92 Å². The van der Waals surface area contributed by atoms with E-state index in [1.807, 2.05) is 4.52 Å². The van der Waals surface area contributed by atoms with Crippen LogP contribution in [0, 0.1) is 11.3 Å². The summed E-state index contributed by atoms with van der Waals surface area (Å²) in [6.45, 7) is 9.31. The van der Waals surface area contributed by atoms with Crippen LogP contribution in [0.1, 0.15) is 31.4 Å². The Morgan fingerprint density at radius 3 is 2.83 bits per heavy atom. The minimum Gasteiger partial charge on any atom is -0.354 e. The van der Waals surface area contributed by atoms with E-state index >= 15 is 0 Å². The molecule has 1 atom stereocenters. The van der Waals surface area contributed by atoms with Gasteiger partial charge in [0.05, 0.1) is 6.20 Å². The van der Waals surface area contributed by atoms with Gasteiger partial charge in [0.25, 0.3) is 0 Å². The molecule has 0 aromatic carbocycles. The largest absolute Gasteiger partial charge is 0.354 e. The Morgan fingerprint density at radius 2 is 2.12 bits per heavy atom. The van der Waals surface area contributed by atoms with Gasteiger partial charge < -0.3 is 15.1 Å². The first-order valence-electron chi connectivity index (χ1n) is 8.77. The monoisotopic (exact) mass is 325 g/mol. The molecule has 1 saturated heterocycles. The molecule has 2 aliphatic heterocycles. The maximum absolute atomic E-state index is 9.41. The number of hydrogen-bond acceptors (Lipinski definition) is 6. The van der Waals surface area contributed by atoms with Gasteiger partial charge in [-0.05, 0) is 19.8 Å². The predicted octanol–water partition coefficient (Wildman–Crippen LogP) is 1.17. The van der Waals surface area contributed by atoms with E-state index in [2.05, 4.69) is 40.1 Å². The first-order chi connectivity index (χ1) is 11.7. The Morgan fingerprint density at radius 1 is 1.33 bits per heavy atom. The summed E-state index contributed by atoms with van der Waals surface area (Å²) in [4.78, 5) is 9.64. The van der Waals surface area contributed by atoms with Crippen molar-refractivity contribution in [2.45, 2.75) is 32.7 Å². The molecule has 0 radical (unpaired) electrons. The highest BCUT2D eigenvalue weighted by Gasteiger charge is 2.32. The van der Waals surface area contributed by atoms with Gasteiger partial charge in [0.15, 0.2) is 5.65 Å². The van der Waals surface area contributed by atoms with Crippen molar-refractivity contribution in [3.05, 3.63) is 17.3 Å². The van der Waals surface area contributed by atoms with Crippen LogP contribution in [0.4, 0.5) is 11.6 Å². The quantitative estimate of drug-likeness (QED) is 0.913. The number of hydrogen-bond donors (Lipinski definition) is 1. The van der Waals surface area contributed by atoms with Gasteiger partial charge in [-0.2, -0.15) is 14.9 Å². The van der Waals surface area contributed by atoms with Gasteiger partial charge in [-0.25, -0.2) is 4.98 Å². The van der Waals surface area contributed by atoms with Gasteiger partial charge in [-0.3, -0.25) is 0 Å². The molecule has 1 N–H and O–H groups in total. The number of fused-ring (bicyclic) bond motifs is 3. The lowest BCUT2D eigenvalue weighted by molar-refractivity contribution is 0.583. The van der Waals surface area contributed by atoms with Crippen molar-refractivity contribution in [1.29, 1.82) is 5.26 Å². The summed E-state index contributed by atoms with van der Waals surface area (Å²) in [5.74, 6) is 2.17. The third kappa shape index (κ3) is 2.21. The second kappa shape index (κ2) is 5.95. The third-order valence-electron chi connectivity index (χ3n) is 5.23. The maximum atomic E-state index is 9.41. The van der Waals surface area contributed by atoms with Crippen LogP contribution in [-0.4, -0.2) is 53.4 Å². The average molecular weight is 325 g/mol. The molecule has 0 aliphatic carbocycles. The van der Waals surface area contributed by atoms with Gasteiger partial charge in [0, 0.05) is 44.3 Å². The lowest BCUT2D eigenvalue weighted by Crippen LogP contribution is -2.44. The molecule has 2 aromatic rings. The Kier molecular flexibility index (Phi) is 3.77. The number of rotatable bonds is 3. The fourth-order valence-electron chi connectivity index (χ4n) is 3.72. The van der Waals surface area contributed by atoms with Crippen molar-refractivity contribution in [3.63, 3.8) is 0 Å². The van der Waals surface area contributed by atoms with Crippen LogP contribution in [0.5, 0.6) is 0 Å². The van der Waals surface area contributed by atoms with E-state index in [4.69, 9.17) is 4.98 Å². The van der Waals surface area contributed by atoms with E-state index in [1.54, 1.807) is 6.20 Å². The molecule has 24 heavy (non-hydrogen) atoms. The van der Waals surface area contributed by atoms with Crippen LogP contribution in [0.15, 0.2) is 6.20 Å². The van der Waals surface area contributed by atoms with Crippen LogP contribution in [-0.2, 0) is 6.42 Å². The molecule has 0 saturated carbocycles. The number of aromatic nitrogens is 3. The van der Waals surface area contributed by atoms with E-state index in [1.165, 1.54) is 5.56 Å². The predicted molar refractivity (Wildman–Crippen MR) is 93.6 cm³/mol. The fourth-order valence-corrected chi connectivity index (χ4v) is 3.72. The van der Waals surface area contributed by atoms with E-state index in [0.717, 1.165) is 57.2 Å². The number of nitriles is 1. The number of piperazine rings is 1. The number of nitrogens with zero attached hydrogens (tertiary/aromatic N) is 6. The minimum absolute atomic E-state index is 0.447. The van der Waals surface area contributed by atoms with Crippen molar-refractivity contribution in [1.82, 2.24) is 19.9 Å². The van der Waals surface area contributed by atoms with Crippen LogP contribution < -0.4 is 15.1 Å². The number of anilines is 2. The zero-order chi connectivity index (χ0) is 16.7. The summed E-state index contributed by atoms with van der Waals surface area (Å²) in [6.07, 6.45) is 3.71. The first-order valence-corrected chi connectivity index (χ1v) is 8.77. The Bertz CT molecular complexity index is 797. The van der Waals surface area contributed by atoms with Crippen LogP contribution in [0.3, 0.4) is 0 Å². The first kappa shape index (κ1) is 15.2.